The van der Waals surface area contributed by atoms with Gasteiger partial charge in [-0.25, -0.2) is 22.5 Å². The van der Waals surface area contributed by atoms with Crippen molar-refractivity contribution in [1.29, 1.82) is 0 Å². The summed E-state index contributed by atoms with van der Waals surface area (Å²) in [6.07, 6.45) is 6.20. The molecule has 6 aromatic rings. The lowest BCUT2D eigenvalue weighted by Crippen LogP contribution is -2.21. The van der Waals surface area contributed by atoms with Crippen LogP contribution in [0.5, 0.6) is 0 Å². The van der Waals surface area contributed by atoms with Crippen LogP contribution in [0.1, 0.15) is 5.56 Å². The Labute approximate surface area is 210 Å². The molecule has 2 aromatic carbocycles. The Kier molecular flexibility index (Phi) is 5.50. The van der Waals surface area contributed by atoms with Gasteiger partial charge in [-0.15, -0.1) is 0 Å². The minimum Gasteiger partial charge on any atom is -0.336 e. The van der Waals surface area contributed by atoms with Crippen LogP contribution in [0.25, 0.3) is 55.8 Å². The first kappa shape index (κ1) is 23.0. The fraction of sp³-hybridized carbons (Fsp3) is 0.0769. The van der Waals surface area contributed by atoms with Crippen molar-refractivity contribution in [3.63, 3.8) is 0 Å². The number of nitrogens with one attached hydrogen (secondary N) is 3. The number of halogens is 1. The van der Waals surface area contributed by atoms with E-state index in [2.05, 4.69) is 29.9 Å². The van der Waals surface area contributed by atoms with Crippen molar-refractivity contribution >= 4 is 32.0 Å². The Morgan fingerprint density at radius 2 is 1.84 bits per heavy atom. The minimum absolute atomic E-state index is 0.0378. The highest BCUT2D eigenvalue weighted by Crippen LogP contribution is 2.32. The fourth-order valence-corrected chi connectivity index (χ4v) is 4.70. The monoisotopic (exact) mass is 513 g/mol. The van der Waals surface area contributed by atoms with Crippen molar-refractivity contribution in [1.82, 2.24) is 34.9 Å². The Bertz CT molecular complexity index is 1880. The molecule has 0 saturated heterocycles. The maximum Gasteiger partial charge on any atom is 0.209 e. The maximum absolute atomic E-state index is 14.5. The number of fused-ring (bicyclic) bond motifs is 2. The molecule has 0 aliphatic heterocycles. The van der Waals surface area contributed by atoms with E-state index in [0.29, 0.717) is 39.4 Å². The number of rotatable bonds is 6. The lowest BCUT2D eigenvalue weighted by molar-refractivity contribution is 0.586. The van der Waals surface area contributed by atoms with Crippen molar-refractivity contribution < 1.29 is 12.8 Å². The van der Waals surface area contributed by atoms with E-state index in [9.17, 15) is 12.8 Å². The second-order valence-corrected chi connectivity index (χ2v) is 10.5. The van der Waals surface area contributed by atoms with Crippen molar-refractivity contribution in [2.45, 2.75) is 6.54 Å². The number of hydrogen-bond donors (Lipinski definition) is 3. The second-order valence-electron chi connectivity index (χ2n) is 8.66. The quantitative estimate of drug-likeness (QED) is 0.302. The average Bonchev–Trinajstić information content (AvgIpc) is 3.51. The molecule has 4 heterocycles. The molecule has 0 amide bonds. The molecule has 9 nitrogen and oxygen atoms in total. The van der Waals surface area contributed by atoms with Crippen LogP contribution in [0.15, 0.2) is 73.2 Å². The van der Waals surface area contributed by atoms with E-state index in [1.807, 2.05) is 30.3 Å². The summed E-state index contributed by atoms with van der Waals surface area (Å²) in [6, 6.07) is 16.0. The van der Waals surface area contributed by atoms with Gasteiger partial charge < -0.3 is 4.98 Å². The summed E-state index contributed by atoms with van der Waals surface area (Å²) in [5.74, 6) is 0.0350. The lowest BCUT2D eigenvalue weighted by atomic mass is 10.0. The molecule has 0 fully saturated rings. The predicted molar refractivity (Wildman–Crippen MR) is 139 cm³/mol. The summed E-state index contributed by atoms with van der Waals surface area (Å²) in [6.45, 7) is -0.0378. The third kappa shape index (κ3) is 4.57. The first-order valence-corrected chi connectivity index (χ1v) is 13.2. The standard InChI is InChI=1S/C26H20FN7O2S/c1-37(35,36)30-13-15-9-18(11-19(27)10-15)23-25-22(6-8-29-23)31-26(32-25)24-20-12-16(4-5-21(20)33-34-24)17-3-2-7-28-14-17/h2-12,14,30H,13H2,1H3,(H,31,32)(H,33,34). The number of pyridine rings is 2. The summed E-state index contributed by atoms with van der Waals surface area (Å²) in [4.78, 5) is 16.7. The first-order chi connectivity index (χ1) is 17.8. The predicted octanol–water partition coefficient (Wildman–Crippen LogP) is 4.42. The molecular formula is C26H20FN7O2S. The number of sulfonamides is 1. The van der Waals surface area contributed by atoms with E-state index in [4.69, 9.17) is 4.98 Å². The van der Waals surface area contributed by atoms with E-state index >= 15 is 0 Å². The third-order valence-corrected chi connectivity index (χ3v) is 6.62. The highest BCUT2D eigenvalue weighted by Gasteiger charge is 2.17. The first-order valence-electron chi connectivity index (χ1n) is 11.3. The number of imidazole rings is 1. The summed E-state index contributed by atoms with van der Waals surface area (Å²) < 4.78 is 39.8. The van der Waals surface area contributed by atoms with Gasteiger partial charge in [0.05, 0.1) is 23.0 Å². The van der Waals surface area contributed by atoms with Crippen molar-refractivity contribution in [2.75, 3.05) is 6.26 Å². The van der Waals surface area contributed by atoms with Gasteiger partial charge in [0.15, 0.2) is 5.82 Å². The molecule has 0 aliphatic carbocycles. The molecule has 3 N–H and O–H groups in total. The zero-order valence-electron chi connectivity index (χ0n) is 19.5. The normalized spacial score (nSPS) is 11.9. The zero-order valence-corrected chi connectivity index (χ0v) is 20.3. The average molecular weight is 514 g/mol. The zero-order chi connectivity index (χ0) is 25.6. The number of aromatic amines is 2. The fourth-order valence-electron chi connectivity index (χ4n) is 4.27. The van der Waals surface area contributed by atoms with Crippen molar-refractivity contribution in [3.8, 4) is 33.9 Å². The molecule has 0 unspecified atom stereocenters. The molecule has 6 rings (SSSR count). The molecule has 0 aliphatic rings. The van der Waals surface area contributed by atoms with Crippen LogP contribution in [0.4, 0.5) is 4.39 Å². The molecule has 0 radical (unpaired) electrons. The van der Waals surface area contributed by atoms with Gasteiger partial charge in [-0.05, 0) is 53.6 Å². The SMILES string of the molecule is CS(=O)(=O)NCc1cc(F)cc(-c2nccc3[nH]c(-c4n[nH]c5ccc(-c6cccnc6)cc45)nc23)c1. The van der Waals surface area contributed by atoms with E-state index in [0.717, 1.165) is 28.3 Å². The Balaban J connectivity index is 1.44. The van der Waals surface area contributed by atoms with Gasteiger partial charge in [-0.3, -0.25) is 15.1 Å². The molecule has 0 spiro atoms. The third-order valence-electron chi connectivity index (χ3n) is 5.95. The maximum atomic E-state index is 14.5. The summed E-state index contributed by atoms with van der Waals surface area (Å²) in [7, 11) is -3.43. The van der Waals surface area contributed by atoms with Crippen molar-refractivity contribution in [2.24, 2.45) is 0 Å². The number of benzene rings is 2. The van der Waals surface area contributed by atoms with Crippen LogP contribution in [0.2, 0.25) is 0 Å². The second kappa shape index (κ2) is 8.87. The van der Waals surface area contributed by atoms with Gasteiger partial charge in [0, 0.05) is 41.6 Å². The van der Waals surface area contributed by atoms with Crippen molar-refractivity contribution in [3.05, 3.63) is 84.6 Å². The van der Waals surface area contributed by atoms with Gasteiger partial charge in [0.2, 0.25) is 10.0 Å². The van der Waals surface area contributed by atoms with Crippen LogP contribution in [-0.4, -0.2) is 44.8 Å². The molecule has 0 bridgehead atoms. The van der Waals surface area contributed by atoms with Crippen LogP contribution in [0, 0.1) is 5.82 Å². The van der Waals surface area contributed by atoms with Crippen LogP contribution >= 0.6 is 0 Å². The van der Waals surface area contributed by atoms with Crippen LogP contribution in [0.3, 0.4) is 0 Å². The topological polar surface area (TPSA) is 129 Å². The van der Waals surface area contributed by atoms with Crippen LogP contribution in [-0.2, 0) is 16.6 Å². The van der Waals surface area contributed by atoms with E-state index in [1.54, 1.807) is 30.7 Å². The highest BCUT2D eigenvalue weighted by molar-refractivity contribution is 7.88. The molecule has 184 valence electrons. The number of H-pyrrole nitrogens is 2. The van der Waals surface area contributed by atoms with Gasteiger partial charge >= 0.3 is 0 Å². The molecule has 0 atom stereocenters. The van der Waals surface area contributed by atoms with E-state index in [1.165, 1.54) is 12.1 Å². The largest absolute Gasteiger partial charge is 0.336 e. The van der Waals surface area contributed by atoms with Gasteiger partial charge in [0.25, 0.3) is 0 Å². The van der Waals surface area contributed by atoms with E-state index < -0.39 is 15.8 Å². The molecule has 0 saturated carbocycles. The van der Waals surface area contributed by atoms with Gasteiger partial charge in [0.1, 0.15) is 17.0 Å². The summed E-state index contributed by atoms with van der Waals surface area (Å²) in [5, 5.41) is 8.43. The smallest absolute Gasteiger partial charge is 0.209 e. The summed E-state index contributed by atoms with van der Waals surface area (Å²) in [5.41, 5.74) is 6.16. The highest BCUT2D eigenvalue weighted by atomic mass is 32.2. The molecular weight excluding hydrogens is 493 g/mol. The molecule has 11 heteroatoms. The van der Waals surface area contributed by atoms with Gasteiger partial charge in [-0.2, -0.15) is 5.10 Å². The lowest BCUT2D eigenvalue weighted by Gasteiger charge is -2.07. The number of hydrogen-bond acceptors (Lipinski definition) is 6. The van der Waals surface area contributed by atoms with Crippen LogP contribution < -0.4 is 4.72 Å². The molecule has 37 heavy (non-hydrogen) atoms. The Morgan fingerprint density at radius 1 is 0.946 bits per heavy atom. The Morgan fingerprint density at radius 3 is 2.65 bits per heavy atom. The minimum atomic E-state index is -3.43. The van der Waals surface area contributed by atoms with Gasteiger partial charge in [-0.1, -0.05) is 12.1 Å². The number of nitrogens with zero attached hydrogens (tertiary/aromatic N) is 4. The van der Waals surface area contributed by atoms with E-state index in [-0.39, 0.29) is 6.54 Å². The Hall–Kier alpha value is -4.48. The summed E-state index contributed by atoms with van der Waals surface area (Å²) >= 11 is 0. The number of aromatic nitrogens is 6. The molecule has 4 aromatic heterocycles.